The van der Waals surface area contributed by atoms with Gasteiger partial charge in [0, 0.05) is 21.4 Å². The fourth-order valence-corrected chi connectivity index (χ4v) is 7.71. The molecule has 0 saturated carbocycles. The van der Waals surface area contributed by atoms with Crippen LogP contribution >= 0.6 is 0 Å². The number of rotatable bonds is 4. The van der Waals surface area contributed by atoms with E-state index >= 15 is 0 Å². The number of allylic oxidation sites excluding steroid dienone is 2. The van der Waals surface area contributed by atoms with Gasteiger partial charge in [-0.05, 0) is 33.1 Å². The first-order valence-corrected chi connectivity index (χ1v) is 13.3. The molecule has 0 amide bonds. The zero-order valence-corrected chi connectivity index (χ0v) is 20.5. The first kappa shape index (κ1) is 20.4. The molecule has 0 nitrogen and oxygen atoms in total. The van der Waals surface area contributed by atoms with Crippen molar-refractivity contribution in [2.75, 3.05) is 0 Å². The number of hydrogen-bond acceptors (Lipinski definition) is 0. The SMILES string of the molecule is CC(C)(C)C1=Cc2ccccc2C1C[SiH2]CC1C(C(C)(C)C)=Cc2ccccc21. The second-order valence-electron chi connectivity index (χ2n) is 11.0. The maximum Gasteiger partial charge on any atom is 0.0218 e. The van der Waals surface area contributed by atoms with Crippen molar-refractivity contribution in [2.45, 2.75) is 65.5 Å². The highest BCUT2D eigenvalue weighted by Gasteiger charge is 2.34. The van der Waals surface area contributed by atoms with Crippen LogP contribution in [0.3, 0.4) is 0 Å². The Hall–Kier alpha value is -1.86. The summed E-state index contributed by atoms with van der Waals surface area (Å²) >= 11 is 0. The van der Waals surface area contributed by atoms with Gasteiger partial charge >= 0.3 is 0 Å². The first-order chi connectivity index (χ1) is 13.7. The van der Waals surface area contributed by atoms with Crippen LogP contribution < -0.4 is 0 Å². The summed E-state index contributed by atoms with van der Waals surface area (Å²) in [6.45, 7) is 14.3. The predicted octanol–water partition coefficient (Wildman–Crippen LogP) is 7.45. The van der Waals surface area contributed by atoms with Gasteiger partial charge in [-0.25, -0.2) is 0 Å². The third-order valence-corrected chi connectivity index (χ3v) is 8.80. The summed E-state index contributed by atoms with van der Waals surface area (Å²) in [5, 5.41) is 0. The lowest BCUT2D eigenvalue weighted by Crippen LogP contribution is -2.18. The Morgan fingerprint density at radius 2 is 1.00 bits per heavy atom. The Balaban J connectivity index is 1.54. The first-order valence-electron chi connectivity index (χ1n) is 11.3. The molecule has 0 aliphatic heterocycles. The molecule has 2 aromatic rings. The molecule has 0 radical (unpaired) electrons. The van der Waals surface area contributed by atoms with Gasteiger partial charge in [0.15, 0.2) is 0 Å². The molecule has 0 bridgehead atoms. The molecule has 4 rings (SSSR count). The summed E-state index contributed by atoms with van der Waals surface area (Å²) in [5.74, 6) is 1.27. The molecule has 1 heteroatoms. The van der Waals surface area contributed by atoms with Crippen LogP contribution in [0.1, 0.15) is 75.6 Å². The minimum atomic E-state index is -0.188. The largest absolute Gasteiger partial charge is 0.0619 e. The van der Waals surface area contributed by atoms with Crippen molar-refractivity contribution >= 4 is 21.7 Å². The minimum absolute atomic E-state index is 0.188. The zero-order chi connectivity index (χ0) is 20.8. The van der Waals surface area contributed by atoms with E-state index in [1.54, 1.807) is 22.3 Å². The van der Waals surface area contributed by atoms with Gasteiger partial charge in [0.2, 0.25) is 0 Å². The molecular formula is C28H36Si. The fourth-order valence-electron chi connectivity index (χ4n) is 5.42. The van der Waals surface area contributed by atoms with Crippen molar-refractivity contribution in [1.82, 2.24) is 0 Å². The Morgan fingerprint density at radius 1 is 0.621 bits per heavy atom. The van der Waals surface area contributed by atoms with Gasteiger partial charge in [-0.15, -0.1) is 0 Å². The van der Waals surface area contributed by atoms with E-state index in [4.69, 9.17) is 0 Å². The summed E-state index contributed by atoms with van der Waals surface area (Å²) in [6, 6.07) is 20.9. The van der Waals surface area contributed by atoms with E-state index in [1.165, 1.54) is 23.2 Å². The van der Waals surface area contributed by atoms with Gasteiger partial charge in [-0.1, -0.05) is 125 Å². The lowest BCUT2D eigenvalue weighted by molar-refractivity contribution is 0.475. The third kappa shape index (κ3) is 3.94. The molecular weight excluding hydrogens is 364 g/mol. The van der Waals surface area contributed by atoms with E-state index in [2.05, 4.69) is 102 Å². The minimum Gasteiger partial charge on any atom is -0.0619 e. The average molecular weight is 401 g/mol. The summed E-state index contributed by atoms with van der Waals surface area (Å²) < 4.78 is 0. The van der Waals surface area contributed by atoms with E-state index in [0.717, 1.165) is 0 Å². The molecule has 2 aliphatic carbocycles. The fraction of sp³-hybridized carbons (Fsp3) is 0.429. The maximum absolute atomic E-state index is 2.49. The zero-order valence-electron chi connectivity index (χ0n) is 19.0. The molecule has 2 unspecified atom stereocenters. The van der Waals surface area contributed by atoms with E-state index in [0.29, 0.717) is 11.8 Å². The standard InChI is InChI=1S/C28H36Si/c1-27(2,3)25-15-19-11-7-9-13-21(19)23(25)17-29-18-24-22-14-10-8-12-20(22)16-26(24)28(4,5)6/h7-16,23-24H,17-18,29H2,1-6H3. The molecule has 2 atom stereocenters. The van der Waals surface area contributed by atoms with Crippen LogP contribution in [-0.2, 0) is 0 Å². The maximum atomic E-state index is 2.49. The smallest absolute Gasteiger partial charge is 0.0218 e. The van der Waals surface area contributed by atoms with Crippen LogP contribution in [-0.4, -0.2) is 9.52 Å². The predicted molar refractivity (Wildman–Crippen MR) is 131 cm³/mol. The molecule has 0 saturated heterocycles. The monoisotopic (exact) mass is 400 g/mol. The summed E-state index contributed by atoms with van der Waals surface area (Å²) in [6.07, 6.45) is 4.97. The van der Waals surface area contributed by atoms with E-state index in [9.17, 15) is 0 Å². The Kier molecular flexibility index (Phi) is 5.23. The molecule has 0 spiro atoms. The normalized spacial score (nSPS) is 21.3. The van der Waals surface area contributed by atoms with Gasteiger partial charge in [-0.3, -0.25) is 0 Å². The summed E-state index contributed by atoms with van der Waals surface area (Å²) in [5.41, 5.74) is 9.83. The van der Waals surface area contributed by atoms with Crippen LogP contribution in [0.15, 0.2) is 59.7 Å². The highest BCUT2D eigenvalue weighted by Crippen LogP contribution is 2.49. The van der Waals surface area contributed by atoms with Crippen molar-refractivity contribution in [3.8, 4) is 0 Å². The highest BCUT2D eigenvalue weighted by atomic mass is 28.2. The van der Waals surface area contributed by atoms with Crippen LogP contribution in [0.2, 0.25) is 12.1 Å². The van der Waals surface area contributed by atoms with Gasteiger partial charge in [0.05, 0.1) is 0 Å². The van der Waals surface area contributed by atoms with Gasteiger partial charge in [0.1, 0.15) is 0 Å². The van der Waals surface area contributed by atoms with Crippen molar-refractivity contribution < 1.29 is 0 Å². The molecule has 0 N–H and O–H groups in total. The van der Waals surface area contributed by atoms with Crippen LogP contribution in [0.4, 0.5) is 0 Å². The van der Waals surface area contributed by atoms with Crippen molar-refractivity contribution in [3.05, 3.63) is 81.9 Å². The van der Waals surface area contributed by atoms with Crippen molar-refractivity contribution in [2.24, 2.45) is 10.8 Å². The topological polar surface area (TPSA) is 0 Å². The van der Waals surface area contributed by atoms with Crippen LogP contribution in [0, 0.1) is 10.8 Å². The third-order valence-electron chi connectivity index (χ3n) is 6.83. The quantitative estimate of drug-likeness (QED) is 0.468. The van der Waals surface area contributed by atoms with Crippen molar-refractivity contribution in [3.63, 3.8) is 0 Å². The number of benzene rings is 2. The van der Waals surface area contributed by atoms with E-state index in [1.807, 2.05) is 0 Å². The second-order valence-corrected chi connectivity index (χ2v) is 12.9. The molecule has 0 fully saturated rings. The molecule has 152 valence electrons. The van der Waals surface area contributed by atoms with Crippen molar-refractivity contribution in [1.29, 1.82) is 0 Å². The Bertz CT molecular complexity index is 883. The molecule has 2 aliphatic rings. The second kappa shape index (κ2) is 7.43. The lowest BCUT2D eigenvalue weighted by atomic mass is 9.80. The van der Waals surface area contributed by atoms with E-state index < -0.39 is 0 Å². The molecule has 0 aromatic heterocycles. The summed E-state index contributed by atoms with van der Waals surface area (Å²) in [4.78, 5) is 0. The van der Waals surface area contributed by atoms with Crippen LogP contribution in [0.25, 0.3) is 12.2 Å². The Morgan fingerprint density at radius 3 is 1.38 bits per heavy atom. The highest BCUT2D eigenvalue weighted by molar-refractivity contribution is 6.36. The van der Waals surface area contributed by atoms with E-state index in [-0.39, 0.29) is 20.3 Å². The van der Waals surface area contributed by atoms with Gasteiger partial charge in [-0.2, -0.15) is 0 Å². The van der Waals surface area contributed by atoms with Crippen LogP contribution in [0.5, 0.6) is 0 Å². The number of hydrogen-bond donors (Lipinski definition) is 0. The van der Waals surface area contributed by atoms with Gasteiger partial charge in [0.25, 0.3) is 0 Å². The lowest BCUT2D eigenvalue weighted by Gasteiger charge is -2.30. The molecule has 2 aromatic carbocycles. The van der Waals surface area contributed by atoms with Gasteiger partial charge < -0.3 is 0 Å². The average Bonchev–Trinajstić information content (AvgIpc) is 3.21. The number of fused-ring (bicyclic) bond motifs is 2. The molecule has 29 heavy (non-hydrogen) atoms. The molecule has 0 heterocycles. The summed E-state index contributed by atoms with van der Waals surface area (Å²) in [7, 11) is -0.188. The Labute approximate surface area is 180 Å².